The number of aryl methyl sites for hydroxylation is 1. The number of hydrogen-bond acceptors (Lipinski definition) is 1. The fourth-order valence-corrected chi connectivity index (χ4v) is 12.5. The van der Waals surface area contributed by atoms with Gasteiger partial charge in [-0.15, -0.1) is 0 Å². The smallest absolute Gasteiger partial charge is 0.0691 e. The van der Waals surface area contributed by atoms with Crippen molar-refractivity contribution in [3.8, 4) is 33.4 Å². The van der Waals surface area contributed by atoms with Gasteiger partial charge in [0.05, 0.1) is 5.41 Å². The summed E-state index contributed by atoms with van der Waals surface area (Å²) >= 11 is 0. The predicted molar refractivity (Wildman–Crippen MR) is 246 cm³/mol. The van der Waals surface area contributed by atoms with Crippen molar-refractivity contribution in [2.24, 2.45) is 17.8 Å². The maximum absolute atomic E-state index is 2.58. The van der Waals surface area contributed by atoms with Gasteiger partial charge in [-0.2, -0.15) is 0 Å². The molecule has 1 aliphatic heterocycles. The first-order chi connectivity index (χ1) is 28.8. The minimum Gasteiger partial charge on any atom is -0.310 e. The molecule has 5 atom stereocenters. The standard InChI is InChI=1S/C58H47N/c1-35-28-29-57(5)43-31-42(40-18-10-7-11-19-40)32-45(33-43)59(52-27-24-41(30-36(52)2)39-16-8-6-9-17-39)44-25-26-47-46-20-12-14-22-49(46)58(51(47)34-44)50-23-15-13-21-48(50)54-37(3)53(35)55(57)38(4)56(54)58/h6-35,37-38H,1-5H3. The van der Waals surface area contributed by atoms with E-state index >= 15 is 0 Å². The zero-order chi connectivity index (χ0) is 39.8. The molecule has 0 N–H and O–H groups in total. The van der Waals surface area contributed by atoms with Crippen LogP contribution in [0.25, 0.3) is 39.0 Å². The summed E-state index contributed by atoms with van der Waals surface area (Å²) in [5.41, 5.74) is 25.0. The zero-order valence-corrected chi connectivity index (χ0v) is 34.4. The first kappa shape index (κ1) is 34.6. The average molecular weight is 758 g/mol. The Bertz CT molecular complexity index is 3020. The molecule has 1 spiro atoms. The van der Waals surface area contributed by atoms with E-state index in [-0.39, 0.29) is 17.3 Å². The molecule has 12 rings (SSSR count). The highest BCUT2D eigenvalue weighted by atomic mass is 15.1. The van der Waals surface area contributed by atoms with E-state index in [0.29, 0.717) is 5.92 Å². The lowest BCUT2D eigenvalue weighted by Gasteiger charge is -2.49. The molecule has 5 aliphatic rings. The van der Waals surface area contributed by atoms with Gasteiger partial charge < -0.3 is 4.90 Å². The molecule has 0 saturated carbocycles. The highest BCUT2D eigenvalue weighted by Crippen LogP contribution is 2.69. The van der Waals surface area contributed by atoms with Gasteiger partial charge >= 0.3 is 0 Å². The van der Waals surface area contributed by atoms with Crippen LogP contribution >= 0.6 is 0 Å². The second-order valence-corrected chi connectivity index (χ2v) is 17.9. The van der Waals surface area contributed by atoms with E-state index in [4.69, 9.17) is 0 Å². The molecule has 4 aliphatic carbocycles. The number of fused-ring (bicyclic) bond motifs is 8. The van der Waals surface area contributed by atoms with Crippen LogP contribution in [0.2, 0.25) is 0 Å². The van der Waals surface area contributed by atoms with Gasteiger partial charge in [0, 0.05) is 34.3 Å². The van der Waals surface area contributed by atoms with Crippen LogP contribution in [0.4, 0.5) is 17.1 Å². The largest absolute Gasteiger partial charge is 0.310 e. The third-order valence-corrected chi connectivity index (χ3v) is 14.9. The summed E-state index contributed by atoms with van der Waals surface area (Å²) in [5.74, 6) is 0.822. The average Bonchev–Trinajstić information content (AvgIpc) is 3.75. The van der Waals surface area contributed by atoms with Crippen molar-refractivity contribution < 1.29 is 0 Å². The third kappa shape index (κ3) is 4.51. The number of nitrogens with zero attached hydrogens (tertiary/aromatic N) is 1. The van der Waals surface area contributed by atoms with Crippen molar-refractivity contribution in [3.63, 3.8) is 0 Å². The molecule has 284 valence electrons. The van der Waals surface area contributed by atoms with Crippen LogP contribution in [-0.2, 0) is 10.8 Å². The number of benzene rings is 7. The summed E-state index contributed by atoms with van der Waals surface area (Å²) in [4.78, 5) is 2.56. The molecular weight excluding hydrogens is 711 g/mol. The SMILES string of the molecule is Cc1cc(-c2ccccc2)ccc1N1c2cc(-c3ccccc3)cc(c2)C2(C)C=CC(C)C3=C2C(C)C2=C(c4ccccc4C24c2ccccc2-c2ccc1cc24)C3C. The molecule has 7 aromatic carbocycles. The number of rotatable bonds is 3. The summed E-state index contributed by atoms with van der Waals surface area (Å²) in [6.45, 7) is 12.3. The molecule has 1 heterocycles. The Morgan fingerprint density at radius 1 is 0.492 bits per heavy atom. The third-order valence-electron chi connectivity index (χ3n) is 14.9. The van der Waals surface area contributed by atoms with Crippen LogP contribution in [0.1, 0.15) is 61.1 Å². The van der Waals surface area contributed by atoms with Gasteiger partial charge in [-0.25, -0.2) is 0 Å². The maximum atomic E-state index is 2.58. The predicted octanol–water partition coefficient (Wildman–Crippen LogP) is 14.9. The lowest BCUT2D eigenvalue weighted by molar-refractivity contribution is 0.498. The monoisotopic (exact) mass is 757 g/mol. The molecule has 0 aromatic heterocycles. The Kier molecular flexibility index (Phi) is 7.20. The number of allylic oxidation sites excluding steroid dienone is 6. The van der Waals surface area contributed by atoms with Crippen LogP contribution in [0.5, 0.6) is 0 Å². The van der Waals surface area contributed by atoms with Crippen molar-refractivity contribution in [2.45, 2.75) is 45.4 Å². The lowest BCUT2D eigenvalue weighted by Crippen LogP contribution is -2.40. The summed E-state index contributed by atoms with van der Waals surface area (Å²) in [7, 11) is 0. The lowest BCUT2D eigenvalue weighted by atomic mass is 9.55. The van der Waals surface area contributed by atoms with Gasteiger partial charge in [-0.05, 0) is 146 Å². The van der Waals surface area contributed by atoms with E-state index in [1.165, 1.54) is 83.8 Å². The van der Waals surface area contributed by atoms with E-state index in [0.717, 1.165) is 0 Å². The fraction of sp³-hybridized carbons (Fsp3) is 0.172. The van der Waals surface area contributed by atoms with E-state index in [1.54, 1.807) is 22.3 Å². The molecule has 59 heavy (non-hydrogen) atoms. The normalized spacial score (nSPS) is 24.1. The molecule has 0 fully saturated rings. The van der Waals surface area contributed by atoms with Crippen LogP contribution < -0.4 is 4.90 Å². The molecule has 1 heteroatoms. The molecule has 0 radical (unpaired) electrons. The maximum Gasteiger partial charge on any atom is 0.0691 e. The number of hydrogen-bond donors (Lipinski definition) is 0. The molecule has 6 bridgehead atoms. The van der Waals surface area contributed by atoms with E-state index in [2.05, 4.69) is 215 Å². The Balaban J connectivity index is 1.24. The minimum atomic E-state index is -0.411. The summed E-state index contributed by atoms with van der Waals surface area (Å²) < 4.78 is 0. The Labute approximate surface area is 348 Å². The van der Waals surface area contributed by atoms with Gasteiger partial charge in [0.15, 0.2) is 0 Å². The summed E-state index contributed by atoms with van der Waals surface area (Å²) in [6, 6.07) is 62.4. The molecular formula is C58H47N. The highest BCUT2D eigenvalue weighted by molar-refractivity contribution is 5.98. The van der Waals surface area contributed by atoms with E-state index in [9.17, 15) is 0 Å². The van der Waals surface area contributed by atoms with Crippen molar-refractivity contribution in [2.75, 3.05) is 4.90 Å². The second-order valence-electron chi connectivity index (χ2n) is 17.9. The summed E-state index contributed by atoms with van der Waals surface area (Å²) in [5, 5.41) is 0. The van der Waals surface area contributed by atoms with Gasteiger partial charge in [0.1, 0.15) is 0 Å². The van der Waals surface area contributed by atoms with Crippen molar-refractivity contribution >= 4 is 22.6 Å². The quantitative estimate of drug-likeness (QED) is 0.162. The van der Waals surface area contributed by atoms with Crippen LogP contribution in [0.3, 0.4) is 0 Å². The van der Waals surface area contributed by atoms with Crippen molar-refractivity contribution in [3.05, 3.63) is 226 Å². The molecule has 0 saturated heterocycles. The Morgan fingerprint density at radius 3 is 1.86 bits per heavy atom. The second kappa shape index (κ2) is 12.3. The molecule has 5 unspecified atom stereocenters. The van der Waals surface area contributed by atoms with Gasteiger partial charge in [-0.1, -0.05) is 160 Å². The summed E-state index contributed by atoms with van der Waals surface area (Å²) in [6.07, 6.45) is 5.08. The number of anilines is 3. The van der Waals surface area contributed by atoms with Crippen molar-refractivity contribution in [1.29, 1.82) is 0 Å². The van der Waals surface area contributed by atoms with Crippen molar-refractivity contribution in [1.82, 2.24) is 0 Å². The first-order valence-corrected chi connectivity index (χ1v) is 21.5. The van der Waals surface area contributed by atoms with Gasteiger partial charge in [0.25, 0.3) is 0 Å². The molecule has 0 amide bonds. The molecule has 7 aromatic rings. The van der Waals surface area contributed by atoms with Crippen LogP contribution in [0.15, 0.2) is 193 Å². The van der Waals surface area contributed by atoms with Crippen LogP contribution in [0, 0.1) is 24.7 Å². The Hall–Kier alpha value is -6.44. The first-order valence-electron chi connectivity index (χ1n) is 21.5. The van der Waals surface area contributed by atoms with E-state index < -0.39 is 5.41 Å². The van der Waals surface area contributed by atoms with Gasteiger partial charge in [0.2, 0.25) is 0 Å². The topological polar surface area (TPSA) is 3.24 Å². The Morgan fingerprint density at radius 2 is 1.14 bits per heavy atom. The van der Waals surface area contributed by atoms with Gasteiger partial charge in [-0.3, -0.25) is 0 Å². The fourth-order valence-electron chi connectivity index (χ4n) is 12.5. The highest BCUT2D eigenvalue weighted by Gasteiger charge is 2.58. The zero-order valence-electron chi connectivity index (χ0n) is 34.4. The van der Waals surface area contributed by atoms with Crippen LogP contribution in [-0.4, -0.2) is 0 Å². The minimum absolute atomic E-state index is 0.204. The molecule has 1 nitrogen and oxygen atoms in total. The van der Waals surface area contributed by atoms with E-state index in [1.807, 2.05) is 0 Å².